The lowest BCUT2D eigenvalue weighted by Gasteiger charge is -2.20. The van der Waals surface area contributed by atoms with Gasteiger partial charge < -0.3 is 10.1 Å². The highest BCUT2D eigenvalue weighted by Crippen LogP contribution is 1.99. The van der Waals surface area contributed by atoms with Gasteiger partial charge >= 0.3 is 0 Å². The molecule has 1 heterocycles. The Morgan fingerprint density at radius 2 is 2.55 bits per heavy atom. The maximum atomic E-state index is 5.48. The molecule has 1 unspecified atom stereocenters. The standard InChI is InChI=1S/C9H17NO/c1-2-3-4-5-9-8-10-6-7-11-9/h4-5,9-10H,2-3,6-8H2,1H3. The predicted molar refractivity (Wildman–Crippen MR) is 46.7 cm³/mol. The Morgan fingerprint density at radius 1 is 1.64 bits per heavy atom. The summed E-state index contributed by atoms with van der Waals surface area (Å²) in [5.74, 6) is 0. The highest BCUT2D eigenvalue weighted by Gasteiger charge is 2.08. The van der Waals surface area contributed by atoms with Crippen molar-refractivity contribution in [3.05, 3.63) is 12.2 Å². The minimum atomic E-state index is 0.315. The maximum Gasteiger partial charge on any atom is 0.0880 e. The van der Waals surface area contributed by atoms with Crippen LogP contribution in [0.25, 0.3) is 0 Å². The Balaban J connectivity index is 2.13. The Kier molecular flexibility index (Phi) is 4.24. The molecular formula is C9H17NO. The van der Waals surface area contributed by atoms with Crippen LogP contribution in [-0.4, -0.2) is 25.8 Å². The van der Waals surface area contributed by atoms with Crippen LogP contribution in [0.1, 0.15) is 19.8 Å². The van der Waals surface area contributed by atoms with Crippen molar-refractivity contribution in [3.8, 4) is 0 Å². The number of nitrogens with one attached hydrogen (secondary N) is 1. The molecule has 1 atom stereocenters. The first-order chi connectivity index (χ1) is 5.43. The van der Waals surface area contributed by atoms with Gasteiger partial charge in [0.1, 0.15) is 0 Å². The molecule has 1 aliphatic rings. The number of hydrogen-bond donors (Lipinski definition) is 1. The van der Waals surface area contributed by atoms with Gasteiger partial charge in [0.25, 0.3) is 0 Å². The van der Waals surface area contributed by atoms with E-state index in [1.807, 2.05) is 0 Å². The summed E-state index contributed by atoms with van der Waals surface area (Å²) < 4.78 is 5.48. The van der Waals surface area contributed by atoms with Crippen LogP contribution >= 0.6 is 0 Å². The van der Waals surface area contributed by atoms with Crippen LogP contribution in [0.4, 0.5) is 0 Å². The van der Waals surface area contributed by atoms with Crippen LogP contribution < -0.4 is 5.32 Å². The molecule has 64 valence electrons. The molecule has 2 nitrogen and oxygen atoms in total. The summed E-state index contributed by atoms with van der Waals surface area (Å²) in [4.78, 5) is 0. The second-order valence-electron chi connectivity index (χ2n) is 2.83. The number of unbranched alkanes of at least 4 members (excludes halogenated alkanes) is 1. The van der Waals surface area contributed by atoms with E-state index >= 15 is 0 Å². The topological polar surface area (TPSA) is 21.3 Å². The molecule has 1 N–H and O–H groups in total. The lowest BCUT2D eigenvalue weighted by atomic mass is 10.2. The van der Waals surface area contributed by atoms with Crippen LogP contribution in [0.5, 0.6) is 0 Å². The molecule has 0 amide bonds. The molecule has 0 aromatic carbocycles. The Bertz CT molecular complexity index is 117. The molecule has 1 rings (SSSR count). The monoisotopic (exact) mass is 155 g/mol. The van der Waals surface area contributed by atoms with E-state index in [-0.39, 0.29) is 0 Å². The van der Waals surface area contributed by atoms with Gasteiger partial charge in [0.2, 0.25) is 0 Å². The third-order valence-corrected chi connectivity index (χ3v) is 1.76. The maximum absolute atomic E-state index is 5.48. The van der Waals surface area contributed by atoms with Gasteiger partial charge in [0.15, 0.2) is 0 Å². The SMILES string of the molecule is CCCC=CC1CNCCO1. The summed E-state index contributed by atoms with van der Waals surface area (Å²) in [7, 11) is 0. The van der Waals surface area contributed by atoms with Gasteiger partial charge in [-0.1, -0.05) is 25.5 Å². The minimum Gasteiger partial charge on any atom is -0.372 e. The van der Waals surface area contributed by atoms with Crippen molar-refractivity contribution in [2.24, 2.45) is 0 Å². The van der Waals surface area contributed by atoms with E-state index in [0.717, 1.165) is 19.7 Å². The second kappa shape index (κ2) is 5.33. The third kappa shape index (κ3) is 3.54. The summed E-state index contributed by atoms with van der Waals surface area (Å²) in [6.45, 7) is 5.00. The second-order valence-corrected chi connectivity index (χ2v) is 2.83. The van der Waals surface area contributed by atoms with E-state index < -0.39 is 0 Å². The summed E-state index contributed by atoms with van der Waals surface area (Å²) in [6, 6.07) is 0. The molecule has 0 aromatic rings. The van der Waals surface area contributed by atoms with Gasteiger partial charge in [0, 0.05) is 13.1 Å². The van der Waals surface area contributed by atoms with Crippen LogP contribution in [0.15, 0.2) is 12.2 Å². The van der Waals surface area contributed by atoms with Crippen LogP contribution in [-0.2, 0) is 4.74 Å². The van der Waals surface area contributed by atoms with Gasteiger partial charge in [0.05, 0.1) is 12.7 Å². The highest BCUT2D eigenvalue weighted by molar-refractivity contribution is 4.91. The van der Waals surface area contributed by atoms with Crippen LogP contribution in [0.2, 0.25) is 0 Å². The molecule has 2 heteroatoms. The average molecular weight is 155 g/mol. The fraction of sp³-hybridized carbons (Fsp3) is 0.778. The van der Waals surface area contributed by atoms with E-state index in [1.165, 1.54) is 12.8 Å². The minimum absolute atomic E-state index is 0.315. The first-order valence-corrected chi connectivity index (χ1v) is 4.42. The van der Waals surface area contributed by atoms with Gasteiger partial charge in [-0.05, 0) is 6.42 Å². The van der Waals surface area contributed by atoms with E-state index in [4.69, 9.17) is 4.74 Å². The fourth-order valence-electron chi connectivity index (χ4n) is 1.12. The molecule has 0 aliphatic carbocycles. The predicted octanol–water partition coefficient (Wildman–Crippen LogP) is 1.33. The first kappa shape index (κ1) is 8.75. The van der Waals surface area contributed by atoms with Crippen LogP contribution in [0.3, 0.4) is 0 Å². The normalized spacial score (nSPS) is 26.1. The summed E-state index contributed by atoms with van der Waals surface area (Å²) >= 11 is 0. The fourth-order valence-corrected chi connectivity index (χ4v) is 1.12. The summed E-state index contributed by atoms with van der Waals surface area (Å²) in [5, 5.41) is 3.29. The zero-order chi connectivity index (χ0) is 7.94. The van der Waals surface area contributed by atoms with Gasteiger partial charge in [-0.15, -0.1) is 0 Å². The Morgan fingerprint density at radius 3 is 3.18 bits per heavy atom. The third-order valence-electron chi connectivity index (χ3n) is 1.76. The smallest absolute Gasteiger partial charge is 0.0880 e. The van der Waals surface area contributed by atoms with E-state index in [2.05, 4.69) is 24.4 Å². The highest BCUT2D eigenvalue weighted by atomic mass is 16.5. The molecule has 1 aliphatic heterocycles. The molecular weight excluding hydrogens is 138 g/mol. The largest absolute Gasteiger partial charge is 0.372 e. The van der Waals surface area contributed by atoms with Crippen molar-refractivity contribution in [3.63, 3.8) is 0 Å². The number of ether oxygens (including phenoxy) is 1. The molecule has 0 aromatic heterocycles. The van der Waals surface area contributed by atoms with Crippen LogP contribution in [0, 0.1) is 0 Å². The lowest BCUT2D eigenvalue weighted by molar-refractivity contribution is 0.0590. The van der Waals surface area contributed by atoms with Gasteiger partial charge in [-0.25, -0.2) is 0 Å². The number of allylic oxidation sites excluding steroid dienone is 1. The Labute approximate surface area is 68.6 Å². The van der Waals surface area contributed by atoms with Crippen molar-refractivity contribution >= 4 is 0 Å². The van der Waals surface area contributed by atoms with E-state index in [1.54, 1.807) is 0 Å². The van der Waals surface area contributed by atoms with Crippen molar-refractivity contribution in [1.29, 1.82) is 0 Å². The number of morpholine rings is 1. The molecule has 0 radical (unpaired) electrons. The first-order valence-electron chi connectivity index (χ1n) is 4.42. The molecule has 0 saturated carbocycles. The summed E-state index contributed by atoms with van der Waals surface area (Å²) in [6.07, 6.45) is 7.07. The molecule has 0 spiro atoms. The lowest BCUT2D eigenvalue weighted by Crippen LogP contribution is -2.37. The van der Waals surface area contributed by atoms with Gasteiger partial charge in [-0.2, -0.15) is 0 Å². The Hall–Kier alpha value is -0.340. The van der Waals surface area contributed by atoms with E-state index in [9.17, 15) is 0 Å². The van der Waals surface area contributed by atoms with E-state index in [0.29, 0.717) is 6.10 Å². The zero-order valence-corrected chi connectivity index (χ0v) is 7.18. The number of hydrogen-bond acceptors (Lipinski definition) is 2. The quantitative estimate of drug-likeness (QED) is 0.621. The van der Waals surface area contributed by atoms with Crippen molar-refractivity contribution in [2.75, 3.05) is 19.7 Å². The molecule has 0 bridgehead atoms. The molecule has 11 heavy (non-hydrogen) atoms. The number of rotatable bonds is 3. The molecule has 1 saturated heterocycles. The summed E-state index contributed by atoms with van der Waals surface area (Å²) in [5.41, 5.74) is 0. The van der Waals surface area contributed by atoms with Crippen molar-refractivity contribution < 1.29 is 4.74 Å². The zero-order valence-electron chi connectivity index (χ0n) is 7.18. The van der Waals surface area contributed by atoms with Crippen molar-refractivity contribution in [2.45, 2.75) is 25.9 Å². The average Bonchev–Trinajstić information content (AvgIpc) is 2.07. The molecule has 1 fully saturated rings. The van der Waals surface area contributed by atoms with Crippen molar-refractivity contribution in [1.82, 2.24) is 5.32 Å². The van der Waals surface area contributed by atoms with Gasteiger partial charge in [-0.3, -0.25) is 0 Å².